The van der Waals surface area contributed by atoms with E-state index in [0.717, 1.165) is 27.2 Å². The van der Waals surface area contributed by atoms with Gasteiger partial charge in [0.25, 0.3) is 0 Å². The average molecular weight is 312 g/mol. The summed E-state index contributed by atoms with van der Waals surface area (Å²) in [6, 6.07) is 9.99. The maximum Gasteiger partial charge on any atom is 0.228 e. The zero-order valence-electron chi connectivity index (χ0n) is 12.2. The molecule has 0 spiro atoms. The van der Waals surface area contributed by atoms with E-state index in [1.807, 2.05) is 43.5 Å². The van der Waals surface area contributed by atoms with Crippen LogP contribution in [0, 0.1) is 0 Å². The molecule has 0 fully saturated rings. The SMILES string of the molecule is C=C(C)SNc1c[nH]c2ncnc(OCc3ccccc3)c12. The van der Waals surface area contributed by atoms with E-state index >= 15 is 0 Å². The number of aromatic nitrogens is 3. The number of hydrogen-bond donors (Lipinski definition) is 2. The second-order valence-corrected chi connectivity index (χ2v) is 5.89. The fourth-order valence-corrected chi connectivity index (χ4v) is 2.44. The van der Waals surface area contributed by atoms with E-state index in [-0.39, 0.29) is 0 Å². The lowest BCUT2D eigenvalue weighted by molar-refractivity contribution is 0.298. The van der Waals surface area contributed by atoms with Crippen molar-refractivity contribution in [2.75, 3.05) is 4.72 Å². The number of nitrogens with zero attached hydrogens (tertiary/aromatic N) is 2. The number of aromatic amines is 1. The van der Waals surface area contributed by atoms with E-state index in [1.54, 1.807) is 0 Å². The third-order valence-electron chi connectivity index (χ3n) is 2.99. The fraction of sp³-hybridized carbons (Fsp3) is 0.125. The van der Waals surface area contributed by atoms with Gasteiger partial charge < -0.3 is 14.4 Å². The Kier molecular flexibility index (Phi) is 4.29. The first-order valence-corrected chi connectivity index (χ1v) is 7.63. The summed E-state index contributed by atoms with van der Waals surface area (Å²) in [7, 11) is 0. The van der Waals surface area contributed by atoms with Gasteiger partial charge >= 0.3 is 0 Å². The van der Waals surface area contributed by atoms with Gasteiger partial charge in [0, 0.05) is 6.20 Å². The minimum Gasteiger partial charge on any atom is -0.472 e. The van der Waals surface area contributed by atoms with Gasteiger partial charge in [0.05, 0.1) is 5.69 Å². The Morgan fingerprint density at radius 1 is 1.32 bits per heavy atom. The molecule has 1 aromatic carbocycles. The van der Waals surface area contributed by atoms with Crippen LogP contribution in [0.2, 0.25) is 0 Å². The van der Waals surface area contributed by atoms with Crippen LogP contribution in [0.4, 0.5) is 5.69 Å². The van der Waals surface area contributed by atoms with Crippen LogP contribution in [0.3, 0.4) is 0 Å². The second-order valence-electron chi connectivity index (χ2n) is 4.79. The first-order valence-electron chi connectivity index (χ1n) is 6.81. The molecule has 3 aromatic rings. The van der Waals surface area contributed by atoms with Gasteiger partial charge in [0.1, 0.15) is 24.0 Å². The van der Waals surface area contributed by atoms with Crippen molar-refractivity contribution in [1.82, 2.24) is 15.0 Å². The zero-order chi connectivity index (χ0) is 15.4. The Morgan fingerprint density at radius 2 is 2.14 bits per heavy atom. The summed E-state index contributed by atoms with van der Waals surface area (Å²) < 4.78 is 9.10. The molecule has 112 valence electrons. The number of H-pyrrole nitrogens is 1. The van der Waals surface area contributed by atoms with Crippen molar-refractivity contribution in [3.05, 3.63) is 59.9 Å². The van der Waals surface area contributed by atoms with Crippen molar-refractivity contribution in [3.8, 4) is 5.88 Å². The van der Waals surface area contributed by atoms with Crippen LogP contribution < -0.4 is 9.46 Å². The molecular formula is C16H16N4OS. The summed E-state index contributed by atoms with van der Waals surface area (Å²) in [5, 5.41) is 0.840. The summed E-state index contributed by atoms with van der Waals surface area (Å²) in [4.78, 5) is 12.6. The van der Waals surface area contributed by atoms with Crippen LogP contribution in [0.1, 0.15) is 12.5 Å². The van der Waals surface area contributed by atoms with Crippen molar-refractivity contribution < 1.29 is 4.74 Å². The number of nitrogens with one attached hydrogen (secondary N) is 2. The maximum absolute atomic E-state index is 5.87. The predicted octanol–water partition coefficient (Wildman–Crippen LogP) is 4.13. The topological polar surface area (TPSA) is 62.8 Å². The molecular weight excluding hydrogens is 296 g/mol. The molecule has 3 rings (SSSR count). The lowest BCUT2D eigenvalue weighted by Gasteiger charge is -2.08. The molecule has 0 radical (unpaired) electrons. The number of benzene rings is 1. The molecule has 0 aliphatic carbocycles. The Labute approximate surface area is 133 Å². The van der Waals surface area contributed by atoms with Crippen LogP contribution in [0.25, 0.3) is 11.0 Å². The quantitative estimate of drug-likeness (QED) is 0.670. The molecule has 0 atom stereocenters. The summed E-state index contributed by atoms with van der Waals surface area (Å²) >= 11 is 1.45. The molecule has 0 amide bonds. The minimum atomic E-state index is 0.463. The first kappa shape index (κ1) is 14.5. The number of allylic oxidation sites excluding steroid dienone is 1. The number of rotatable bonds is 6. The van der Waals surface area contributed by atoms with Gasteiger partial charge in [-0.1, -0.05) is 36.9 Å². The van der Waals surface area contributed by atoms with E-state index in [0.29, 0.717) is 12.5 Å². The molecule has 5 nitrogen and oxygen atoms in total. The van der Waals surface area contributed by atoms with Crippen molar-refractivity contribution in [1.29, 1.82) is 0 Å². The Balaban J connectivity index is 1.85. The second kappa shape index (κ2) is 6.53. The minimum absolute atomic E-state index is 0.463. The lowest BCUT2D eigenvalue weighted by atomic mass is 10.2. The van der Waals surface area contributed by atoms with Gasteiger partial charge in [-0.2, -0.15) is 0 Å². The Bertz CT molecular complexity index is 785. The van der Waals surface area contributed by atoms with E-state index in [1.165, 1.54) is 18.3 Å². The average Bonchev–Trinajstić information content (AvgIpc) is 2.96. The van der Waals surface area contributed by atoms with Crippen molar-refractivity contribution in [3.63, 3.8) is 0 Å². The number of fused-ring (bicyclic) bond motifs is 1. The highest BCUT2D eigenvalue weighted by Crippen LogP contribution is 2.32. The molecule has 2 heterocycles. The van der Waals surface area contributed by atoms with Gasteiger partial charge in [0.15, 0.2) is 0 Å². The normalized spacial score (nSPS) is 10.6. The zero-order valence-corrected chi connectivity index (χ0v) is 13.0. The number of ether oxygens (including phenoxy) is 1. The van der Waals surface area contributed by atoms with E-state index in [9.17, 15) is 0 Å². The lowest BCUT2D eigenvalue weighted by Crippen LogP contribution is -1.98. The molecule has 0 bridgehead atoms. The van der Waals surface area contributed by atoms with Crippen LogP contribution in [-0.2, 0) is 6.61 Å². The van der Waals surface area contributed by atoms with Crippen molar-refractivity contribution >= 4 is 28.7 Å². The highest BCUT2D eigenvalue weighted by molar-refractivity contribution is 8.04. The molecule has 0 aliphatic heterocycles. The van der Waals surface area contributed by atoms with Crippen molar-refractivity contribution in [2.24, 2.45) is 0 Å². The van der Waals surface area contributed by atoms with E-state index < -0.39 is 0 Å². The molecule has 22 heavy (non-hydrogen) atoms. The molecule has 0 aliphatic rings. The highest BCUT2D eigenvalue weighted by Gasteiger charge is 2.12. The smallest absolute Gasteiger partial charge is 0.228 e. The van der Waals surface area contributed by atoms with Gasteiger partial charge in [0.2, 0.25) is 5.88 Å². The monoisotopic (exact) mass is 312 g/mol. The van der Waals surface area contributed by atoms with Crippen molar-refractivity contribution in [2.45, 2.75) is 13.5 Å². The highest BCUT2D eigenvalue weighted by atomic mass is 32.2. The third kappa shape index (κ3) is 3.23. The van der Waals surface area contributed by atoms with Crippen LogP contribution in [-0.4, -0.2) is 15.0 Å². The first-order chi connectivity index (χ1) is 10.7. The Hall–Kier alpha value is -2.47. The van der Waals surface area contributed by atoms with Gasteiger partial charge in [-0.25, -0.2) is 9.97 Å². The molecule has 0 saturated heterocycles. The van der Waals surface area contributed by atoms with E-state index in [2.05, 4.69) is 26.3 Å². The predicted molar refractivity (Wildman–Crippen MR) is 90.7 cm³/mol. The molecule has 0 unspecified atom stereocenters. The van der Waals surface area contributed by atoms with Gasteiger partial charge in [-0.05, 0) is 29.3 Å². The number of hydrogen-bond acceptors (Lipinski definition) is 5. The maximum atomic E-state index is 5.87. The molecule has 2 N–H and O–H groups in total. The largest absolute Gasteiger partial charge is 0.472 e. The fourth-order valence-electron chi connectivity index (χ4n) is 1.99. The third-order valence-corrected chi connectivity index (χ3v) is 3.66. The number of anilines is 1. The summed E-state index contributed by atoms with van der Waals surface area (Å²) in [5.41, 5.74) is 2.71. The van der Waals surface area contributed by atoms with Crippen LogP contribution in [0.5, 0.6) is 5.88 Å². The summed E-state index contributed by atoms with van der Waals surface area (Å²) in [5.74, 6) is 0.555. The van der Waals surface area contributed by atoms with E-state index in [4.69, 9.17) is 4.74 Å². The van der Waals surface area contributed by atoms with Crippen LogP contribution >= 0.6 is 11.9 Å². The molecule has 0 saturated carbocycles. The standard InChI is InChI=1S/C16H16N4OS/c1-11(2)22-20-13-8-17-15-14(13)16(19-10-18-15)21-9-12-6-4-3-5-7-12/h3-8,10,20H,1,9H2,2H3,(H,17,18,19). The van der Waals surface area contributed by atoms with Gasteiger partial charge in [-0.15, -0.1) is 0 Å². The summed E-state index contributed by atoms with van der Waals surface area (Å²) in [6.45, 7) is 6.26. The van der Waals surface area contributed by atoms with Gasteiger partial charge in [-0.3, -0.25) is 0 Å². The summed E-state index contributed by atoms with van der Waals surface area (Å²) in [6.07, 6.45) is 3.35. The molecule has 2 aromatic heterocycles. The molecule has 6 heteroatoms. The van der Waals surface area contributed by atoms with Crippen LogP contribution in [0.15, 0.2) is 54.3 Å². The Morgan fingerprint density at radius 3 is 2.91 bits per heavy atom.